The fourth-order valence-electron chi connectivity index (χ4n) is 1.61. The second-order valence-corrected chi connectivity index (χ2v) is 4.78. The molecule has 1 aromatic heterocycles. The molecule has 1 heterocycles. The van der Waals surface area contributed by atoms with Crippen LogP contribution in [0.25, 0.3) is 0 Å². The average molecular weight is 306 g/mol. The smallest absolute Gasteiger partial charge is 0.198 e. The summed E-state index contributed by atoms with van der Waals surface area (Å²) in [6.45, 7) is 1.88. The predicted molar refractivity (Wildman–Crippen MR) is 73.1 cm³/mol. The number of aryl methyl sites for hydroxylation is 1. The summed E-state index contributed by atoms with van der Waals surface area (Å²) in [7, 11) is 1.55. The molecule has 0 saturated carbocycles. The summed E-state index contributed by atoms with van der Waals surface area (Å²) >= 11 is 3.35. The molecule has 0 aliphatic carbocycles. The van der Waals surface area contributed by atoms with Gasteiger partial charge in [-0.05, 0) is 37.3 Å². The first kappa shape index (κ1) is 12.8. The first-order valence-corrected chi connectivity index (χ1v) is 6.22. The highest BCUT2D eigenvalue weighted by Gasteiger charge is 2.14. The molecule has 18 heavy (non-hydrogen) atoms. The number of aromatic nitrogens is 1. The zero-order valence-electron chi connectivity index (χ0n) is 10.1. The number of benzene rings is 1. The van der Waals surface area contributed by atoms with Crippen molar-refractivity contribution in [3.8, 4) is 5.75 Å². The van der Waals surface area contributed by atoms with Crippen molar-refractivity contribution < 1.29 is 9.53 Å². The topological polar surface area (TPSA) is 39.2 Å². The number of hydrogen-bond acceptors (Lipinski definition) is 3. The lowest BCUT2D eigenvalue weighted by atomic mass is 10.0. The van der Waals surface area contributed by atoms with Gasteiger partial charge in [-0.3, -0.25) is 9.78 Å². The minimum atomic E-state index is -0.0909. The molecule has 92 valence electrons. The van der Waals surface area contributed by atoms with E-state index in [2.05, 4.69) is 20.9 Å². The van der Waals surface area contributed by atoms with Gasteiger partial charge in [-0.15, -0.1) is 0 Å². The minimum absolute atomic E-state index is 0.0909. The maximum Gasteiger partial charge on any atom is 0.198 e. The van der Waals surface area contributed by atoms with E-state index in [0.29, 0.717) is 16.9 Å². The first-order valence-electron chi connectivity index (χ1n) is 5.42. The van der Waals surface area contributed by atoms with E-state index >= 15 is 0 Å². The van der Waals surface area contributed by atoms with Crippen LogP contribution in [-0.4, -0.2) is 17.9 Å². The van der Waals surface area contributed by atoms with Gasteiger partial charge in [-0.2, -0.15) is 0 Å². The largest absolute Gasteiger partial charge is 0.496 e. The highest BCUT2D eigenvalue weighted by atomic mass is 79.9. The van der Waals surface area contributed by atoms with Crippen LogP contribution in [0.15, 0.2) is 41.0 Å². The van der Waals surface area contributed by atoms with Crippen LogP contribution in [0.1, 0.15) is 21.6 Å². The molecule has 3 nitrogen and oxygen atoms in total. The molecule has 1 aromatic carbocycles. The van der Waals surface area contributed by atoms with Crippen molar-refractivity contribution in [1.82, 2.24) is 4.98 Å². The van der Waals surface area contributed by atoms with Gasteiger partial charge in [0.15, 0.2) is 5.78 Å². The van der Waals surface area contributed by atoms with Gasteiger partial charge in [0.2, 0.25) is 0 Å². The van der Waals surface area contributed by atoms with Crippen LogP contribution < -0.4 is 4.74 Å². The SMILES string of the molecule is COc1cc(Br)ccc1C(=O)c1ccc(C)nc1. The van der Waals surface area contributed by atoms with Crippen LogP contribution in [0, 0.1) is 6.92 Å². The second kappa shape index (κ2) is 5.31. The lowest BCUT2D eigenvalue weighted by Crippen LogP contribution is -2.04. The number of methoxy groups -OCH3 is 1. The van der Waals surface area contributed by atoms with Gasteiger partial charge in [0.1, 0.15) is 5.75 Å². The third kappa shape index (κ3) is 2.59. The average Bonchev–Trinajstić information content (AvgIpc) is 2.38. The van der Waals surface area contributed by atoms with Crippen molar-refractivity contribution in [2.45, 2.75) is 6.92 Å². The summed E-state index contributed by atoms with van der Waals surface area (Å²) in [4.78, 5) is 16.4. The molecule has 0 amide bonds. The first-order chi connectivity index (χ1) is 8.61. The van der Waals surface area contributed by atoms with Gasteiger partial charge in [-0.1, -0.05) is 15.9 Å². The lowest BCUT2D eigenvalue weighted by Gasteiger charge is -2.08. The van der Waals surface area contributed by atoms with Crippen molar-refractivity contribution in [1.29, 1.82) is 0 Å². The number of rotatable bonds is 3. The van der Waals surface area contributed by atoms with Gasteiger partial charge in [0, 0.05) is 21.9 Å². The molecule has 0 bridgehead atoms. The Hall–Kier alpha value is -1.68. The normalized spacial score (nSPS) is 10.2. The molecule has 0 saturated heterocycles. The predicted octanol–water partition coefficient (Wildman–Crippen LogP) is 3.39. The number of carbonyl (C=O) groups excluding carboxylic acids is 1. The van der Waals surface area contributed by atoms with Crippen LogP contribution in [0.2, 0.25) is 0 Å². The van der Waals surface area contributed by atoms with E-state index in [-0.39, 0.29) is 5.78 Å². The minimum Gasteiger partial charge on any atom is -0.496 e. The third-order valence-electron chi connectivity index (χ3n) is 2.58. The van der Waals surface area contributed by atoms with Crippen LogP contribution in [0.3, 0.4) is 0 Å². The molecular weight excluding hydrogens is 294 g/mol. The summed E-state index contributed by atoms with van der Waals surface area (Å²) < 4.78 is 6.09. The molecular formula is C14H12BrNO2. The molecule has 0 radical (unpaired) electrons. The standard InChI is InChI=1S/C14H12BrNO2/c1-9-3-4-10(8-16-9)14(17)12-6-5-11(15)7-13(12)18-2/h3-8H,1-2H3. The van der Waals surface area contributed by atoms with E-state index < -0.39 is 0 Å². The van der Waals surface area contributed by atoms with Gasteiger partial charge in [0.05, 0.1) is 12.7 Å². The van der Waals surface area contributed by atoms with Gasteiger partial charge in [0.25, 0.3) is 0 Å². The van der Waals surface area contributed by atoms with Crippen molar-refractivity contribution in [3.05, 3.63) is 57.8 Å². The Morgan fingerprint density at radius 2 is 2.06 bits per heavy atom. The third-order valence-corrected chi connectivity index (χ3v) is 3.08. The van der Waals surface area contributed by atoms with Gasteiger partial charge >= 0.3 is 0 Å². The molecule has 4 heteroatoms. The van der Waals surface area contributed by atoms with E-state index in [9.17, 15) is 4.79 Å². The molecule has 0 aliphatic heterocycles. The highest BCUT2D eigenvalue weighted by Crippen LogP contribution is 2.25. The number of hydrogen-bond donors (Lipinski definition) is 0. The fraction of sp³-hybridized carbons (Fsp3) is 0.143. The number of halogens is 1. The van der Waals surface area contributed by atoms with Crippen molar-refractivity contribution >= 4 is 21.7 Å². The summed E-state index contributed by atoms with van der Waals surface area (Å²) in [5.74, 6) is 0.460. The summed E-state index contributed by atoms with van der Waals surface area (Å²) in [6, 6.07) is 8.92. The Balaban J connectivity index is 2.42. The molecule has 0 N–H and O–H groups in total. The van der Waals surface area contributed by atoms with E-state index in [1.807, 2.05) is 19.1 Å². The van der Waals surface area contributed by atoms with Crippen LogP contribution in [-0.2, 0) is 0 Å². The molecule has 0 aliphatic rings. The fourth-order valence-corrected chi connectivity index (χ4v) is 1.95. The Morgan fingerprint density at radius 1 is 1.28 bits per heavy atom. The molecule has 0 atom stereocenters. The van der Waals surface area contributed by atoms with E-state index in [4.69, 9.17) is 4.74 Å². The van der Waals surface area contributed by atoms with Gasteiger partial charge in [-0.25, -0.2) is 0 Å². The van der Waals surface area contributed by atoms with Crippen molar-refractivity contribution in [2.75, 3.05) is 7.11 Å². The van der Waals surface area contributed by atoms with Crippen LogP contribution in [0.4, 0.5) is 0 Å². The summed E-state index contributed by atoms with van der Waals surface area (Å²) in [5.41, 5.74) is 1.97. The second-order valence-electron chi connectivity index (χ2n) is 3.86. The van der Waals surface area contributed by atoms with E-state index in [1.165, 1.54) is 0 Å². The zero-order valence-corrected chi connectivity index (χ0v) is 11.7. The number of pyridine rings is 1. The van der Waals surface area contributed by atoms with E-state index in [1.54, 1.807) is 31.5 Å². The van der Waals surface area contributed by atoms with Gasteiger partial charge < -0.3 is 4.74 Å². The zero-order chi connectivity index (χ0) is 13.1. The number of carbonyl (C=O) groups is 1. The lowest BCUT2D eigenvalue weighted by molar-refractivity contribution is 0.103. The maximum absolute atomic E-state index is 12.3. The van der Waals surface area contributed by atoms with Crippen LogP contribution in [0.5, 0.6) is 5.75 Å². The molecule has 0 spiro atoms. The van der Waals surface area contributed by atoms with Crippen LogP contribution >= 0.6 is 15.9 Å². The van der Waals surface area contributed by atoms with Crippen molar-refractivity contribution in [3.63, 3.8) is 0 Å². The monoisotopic (exact) mass is 305 g/mol. The number of ketones is 1. The quantitative estimate of drug-likeness (QED) is 0.816. The molecule has 0 unspecified atom stereocenters. The molecule has 0 fully saturated rings. The Morgan fingerprint density at radius 3 is 2.67 bits per heavy atom. The number of nitrogens with zero attached hydrogens (tertiary/aromatic N) is 1. The molecule has 2 rings (SSSR count). The Kier molecular flexibility index (Phi) is 3.77. The van der Waals surface area contributed by atoms with E-state index in [0.717, 1.165) is 10.2 Å². The number of ether oxygens (including phenoxy) is 1. The maximum atomic E-state index is 12.3. The van der Waals surface area contributed by atoms with Crippen molar-refractivity contribution in [2.24, 2.45) is 0 Å². The Labute approximate surface area is 114 Å². The Bertz CT molecular complexity index is 579. The summed E-state index contributed by atoms with van der Waals surface area (Å²) in [5, 5.41) is 0. The summed E-state index contributed by atoms with van der Waals surface area (Å²) in [6.07, 6.45) is 1.58. The highest BCUT2D eigenvalue weighted by molar-refractivity contribution is 9.10. The molecule has 2 aromatic rings.